The van der Waals surface area contributed by atoms with Gasteiger partial charge in [-0.15, -0.1) is 0 Å². The van der Waals surface area contributed by atoms with E-state index < -0.39 is 12.2 Å². The van der Waals surface area contributed by atoms with Crippen LogP contribution < -0.4 is 10.6 Å². The molecule has 0 bridgehead atoms. The normalized spacial score (nSPS) is 26.5. The van der Waals surface area contributed by atoms with Crippen molar-refractivity contribution >= 4 is 5.69 Å². The van der Waals surface area contributed by atoms with Gasteiger partial charge in [0.15, 0.2) is 0 Å². The first-order chi connectivity index (χ1) is 7.73. The van der Waals surface area contributed by atoms with E-state index >= 15 is 0 Å². The summed E-state index contributed by atoms with van der Waals surface area (Å²) in [6.07, 6.45) is 2.49. The van der Waals surface area contributed by atoms with E-state index in [9.17, 15) is 4.39 Å². The maximum absolute atomic E-state index is 12.8. The standard InChI is InChI=1S/C13H19FN2/c14-11-13(15)7-4-9-16(10-8-13)12-5-2-1-3-6-12/h1-3,5-6H,4,7-11,15H2. The maximum Gasteiger partial charge on any atom is 0.107 e. The topological polar surface area (TPSA) is 29.3 Å². The van der Waals surface area contributed by atoms with Crippen LogP contribution in [0.25, 0.3) is 0 Å². The highest BCUT2D eigenvalue weighted by Crippen LogP contribution is 2.24. The van der Waals surface area contributed by atoms with E-state index in [-0.39, 0.29) is 0 Å². The zero-order chi connectivity index (χ0) is 11.4. The second kappa shape index (κ2) is 4.83. The molecule has 1 aromatic carbocycles. The monoisotopic (exact) mass is 222 g/mol. The van der Waals surface area contributed by atoms with E-state index in [0.29, 0.717) is 0 Å². The Balaban J connectivity index is 2.05. The van der Waals surface area contributed by atoms with Gasteiger partial charge in [-0.3, -0.25) is 0 Å². The summed E-state index contributed by atoms with van der Waals surface area (Å²) < 4.78 is 12.8. The maximum atomic E-state index is 12.8. The molecule has 0 amide bonds. The zero-order valence-electron chi connectivity index (χ0n) is 9.53. The lowest BCUT2D eigenvalue weighted by atomic mass is 9.94. The van der Waals surface area contributed by atoms with Gasteiger partial charge in [-0.2, -0.15) is 0 Å². The average molecular weight is 222 g/mol. The number of halogens is 1. The van der Waals surface area contributed by atoms with Gasteiger partial charge in [0.1, 0.15) is 6.67 Å². The molecule has 1 aliphatic heterocycles. The first kappa shape index (κ1) is 11.4. The Kier molecular flexibility index (Phi) is 3.44. The largest absolute Gasteiger partial charge is 0.371 e. The van der Waals surface area contributed by atoms with Crippen LogP contribution in [0.15, 0.2) is 30.3 Å². The van der Waals surface area contributed by atoms with Gasteiger partial charge < -0.3 is 10.6 Å². The summed E-state index contributed by atoms with van der Waals surface area (Å²) in [6, 6.07) is 10.3. The second-order valence-corrected chi connectivity index (χ2v) is 4.67. The molecule has 1 atom stereocenters. The lowest BCUT2D eigenvalue weighted by Gasteiger charge is -2.25. The van der Waals surface area contributed by atoms with Crippen LogP contribution in [-0.2, 0) is 0 Å². The predicted octanol–water partition coefficient (Wildman–Crippen LogP) is 2.34. The van der Waals surface area contributed by atoms with Crippen LogP contribution in [0.1, 0.15) is 19.3 Å². The van der Waals surface area contributed by atoms with E-state index in [1.54, 1.807) is 0 Å². The predicted molar refractivity (Wildman–Crippen MR) is 65.4 cm³/mol. The van der Waals surface area contributed by atoms with Gasteiger partial charge in [-0.05, 0) is 31.4 Å². The third-order valence-electron chi connectivity index (χ3n) is 3.37. The summed E-state index contributed by atoms with van der Waals surface area (Å²) in [5.41, 5.74) is 6.62. The van der Waals surface area contributed by atoms with Gasteiger partial charge in [0.25, 0.3) is 0 Å². The molecule has 1 aliphatic rings. The molecule has 1 heterocycles. The van der Waals surface area contributed by atoms with Crippen LogP contribution in [-0.4, -0.2) is 25.3 Å². The minimum Gasteiger partial charge on any atom is -0.371 e. The number of benzene rings is 1. The molecular weight excluding hydrogens is 203 g/mol. The molecule has 2 rings (SSSR count). The highest BCUT2D eigenvalue weighted by Gasteiger charge is 2.28. The van der Waals surface area contributed by atoms with Crippen molar-refractivity contribution in [3.05, 3.63) is 30.3 Å². The van der Waals surface area contributed by atoms with E-state index in [0.717, 1.165) is 32.4 Å². The zero-order valence-corrected chi connectivity index (χ0v) is 9.53. The summed E-state index contributed by atoms with van der Waals surface area (Å²) in [5, 5.41) is 0. The molecule has 1 unspecified atom stereocenters. The number of rotatable bonds is 2. The number of anilines is 1. The Hall–Kier alpha value is -1.09. The molecule has 1 aromatic rings. The number of hydrogen-bond donors (Lipinski definition) is 1. The highest BCUT2D eigenvalue weighted by molar-refractivity contribution is 5.46. The smallest absolute Gasteiger partial charge is 0.107 e. The van der Waals surface area contributed by atoms with Crippen molar-refractivity contribution in [2.45, 2.75) is 24.8 Å². The Morgan fingerprint density at radius 3 is 2.62 bits per heavy atom. The Labute approximate surface area is 96.2 Å². The fourth-order valence-corrected chi connectivity index (χ4v) is 2.25. The molecule has 0 aliphatic carbocycles. The van der Waals surface area contributed by atoms with Gasteiger partial charge >= 0.3 is 0 Å². The molecule has 16 heavy (non-hydrogen) atoms. The summed E-state index contributed by atoms with van der Waals surface area (Å²) in [5.74, 6) is 0. The lowest BCUT2D eigenvalue weighted by Crippen LogP contribution is -2.43. The van der Waals surface area contributed by atoms with E-state index in [1.807, 2.05) is 18.2 Å². The number of hydrogen-bond acceptors (Lipinski definition) is 2. The van der Waals surface area contributed by atoms with Crippen LogP contribution in [0.4, 0.5) is 10.1 Å². The number of alkyl halides is 1. The third kappa shape index (κ3) is 2.53. The molecular formula is C13H19FN2. The first-order valence-corrected chi connectivity index (χ1v) is 5.88. The number of para-hydroxylation sites is 1. The highest BCUT2D eigenvalue weighted by atomic mass is 19.1. The molecule has 1 fully saturated rings. The van der Waals surface area contributed by atoms with Gasteiger partial charge in [0.05, 0.1) is 0 Å². The van der Waals surface area contributed by atoms with Crippen LogP contribution in [0.2, 0.25) is 0 Å². The molecule has 88 valence electrons. The summed E-state index contributed by atoms with van der Waals surface area (Å²) >= 11 is 0. The van der Waals surface area contributed by atoms with E-state index in [1.165, 1.54) is 5.69 Å². The number of nitrogens with two attached hydrogens (primary N) is 1. The SMILES string of the molecule is NC1(CF)CCCN(c2ccccc2)CC1. The quantitative estimate of drug-likeness (QED) is 0.832. The lowest BCUT2D eigenvalue weighted by molar-refractivity contribution is 0.282. The average Bonchev–Trinajstić information content (AvgIpc) is 2.53. The molecule has 2 N–H and O–H groups in total. The minimum absolute atomic E-state index is 0.407. The second-order valence-electron chi connectivity index (χ2n) is 4.67. The van der Waals surface area contributed by atoms with Gasteiger partial charge in [0, 0.05) is 24.3 Å². The van der Waals surface area contributed by atoms with Crippen molar-refractivity contribution in [2.75, 3.05) is 24.7 Å². The van der Waals surface area contributed by atoms with Crippen molar-refractivity contribution in [1.82, 2.24) is 0 Å². The summed E-state index contributed by atoms with van der Waals surface area (Å²) in [6.45, 7) is 1.42. The minimum atomic E-state index is -0.594. The van der Waals surface area contributed by atoms with E-state index in [4.69, 9.17) is 5.73 Å². The van der Waals surface area contributed by atoms with Gasteiger partial charge in [-0.1, -0.05) is 18.2 Å². The fraction of sp³-hybridized carbons (Fsp3) is 0.538. The fourth-order valence-electron chi connectivity index (χ4n) is 2.25. The first-order valence-electron chi connectivity index (χ1n) is 5.88. The molecule has 0 radical (unpaired) electrons. The Morgan fingerprint density at radius 1 is 1.19 bits per heavy atom. The van der Waals surface area contributed by atoms with Crippen molar-refractivity contribution in [3.63, 3.8) is 0 Å². The van der Waals surface area contributed by atoms with Crippen LogP contribution in [0.3, 0.4) is 0 Å². The van der Waals surface area contributed by atoms with Crippen molar-refractivity contribution in [2.24, 2.45) is 5.73 Å². The molecule has 2 nitrogen and oxygen atoms in total. The van der Waals surface area contributed by atoms with Crippen molar-refractivity contribution in [3.8, 4) is 0 Å². The van der Waals surface area contributed by atoms with Crippen LogP contribution in [0.5, 0.6) is 0 Å². The Morgan fingerprint density at radius 2 is 1.94 bits per heavy atom. The van der Waals surface area contributed by atoms with E-state index in [2.05, 4.69) is 17.0 Å². The Bertz CT molecular complexity index is 328. The number of nitrogens with zero attached hydrogens (tertiary/aromatic N) is 1. The van der Waals surface area contributed by atoms with Crippen molar-refractivity contribution in [1.29, 1.82) is 0 Å². The third-order valence-corrected chi connectivity index (χ3v) is 3.37. The molecule has 0 spiro atoms. The van der Waals surface area contributed by atoms with Gasteiger partial charge in [-0.25, -0.2) is 4.39 Å². The summed E-state index contributed by atoms with van der Waals surface area (Å²) in [4.78, 5) is 2.30. The summed E-state index contributed by atoms with van der Waals surface area (Å²) in [7, 11) is 0. The van der Waals surface area contributed by atoms with Crippen LogP contribution in [0, 0.1) is 0 Å². The van der Waals surface area contributed by atoms with Crippen molar-refractivity contribution < 1.29 is 4.39 Å². The molecule has 0 saturated carbocycles. The molecule has 0 aromatic heterocycles. The molecule has 3 heteroatoms. The van der Waals surface area contributed by atoms with Crippen LogP contribution >= 0.6 is 0 Å². The molecule has 1 saturated heterocycles. The van der Waals surface area contributed by atoms with Gasteiger partial charge in [0.2, 0.25) is 0 Å².